The summed E-state index contributed by atoms with van der Waals surface area (Å²) >= 11 is 0. The molecule has 1 aliphatic carbocycles. The zero-order valence-electron chi connectivity index (χ0n) is 11.4. The number of pyridine rings is 1. The Hall–Kier alpha value is -1.40. The molecule has 2 heterocycles. The molecular weight excluding hydrogens is 234 g/mol. The van der Waals surface area contributed by atoms with E-state index in [4.69, 9.17) is 5.26 Å². The van der Waals surface area contributed by atoms with Gasteiger partial charge in [-0.05, 0) is 43.4 Å². The molecule has 0 spiro atoms. The van der Waals surface area contributed by atoms with Gasteiger partial charge in [-0.15, -0.1) is 0 Å². The Kier molecular flexibility index (Phi) is 3.79. The highest BCUT2D eigenvalue weighted by atomic mass is 15.1. The highest BCUT2D eigenvalue weighted by Crippen LogP contribution is 2.36. The van der Waals surface area contributed by atoms with Crippen LogP contribution in [0.25, 0.3) is 0 Å². The number of likely N-dealkylation sites (tertiary alicyclic amines) is 1. The smallest absolute Gasteiger partial charge is 0.0992 e. The van der Waals surface area contributed by atoms with Crippen LogP contribution >= 0.6 is 0 Å². The minimum absolute atomic E-state index is 0.720. The topological polar surface area (TPSA) is 39.9 Å². The van der Waals surface area contributed by atoms with Crippen molar-refractivity contribution in [3.8, 4) is 6.07 Å². The van der Waals surface area contributed by atoms with E-state index in [-0.39, 0.29) is 0 Å². The Morgan fingerprint density at radius 1 is 1.26 bits per heavy atom. The maximum Gasteiger partial charge on any atom is 0.0992 e. The van der Waals surface area contributed by atoms with Gasteiger partial charge in [0.15, 0.2) is 0 Å². The van der Waals surface area contributed by atoms with Gasteiger partial charge in [0, 0.05) is 19.3 Å². The van der Waals surface area contributed by atoms with E-state index < -0.39 is 0 Å². The van der Waals surface area contributed by atoms with Gasteiger partial charge in [-0.25, -0.2) is 0 Å². The maximum atomic E-state index is 8.93. The lowest BCUT2D eigenvalue weighted by atomic mass is 9.75. The summed E-state index contributed by atoms with van der Waals surface area (Å²) in [5, 5.41) is 8.93. The van der Waals surface area contributed by atoms with Crippen LogP contribution in [-0.4, -0.2) is 23.0 Å². The summed E-state index contributed by atoms with van der Waals surface area (Å²) in [4.78, 5) is 6.92. The summed E-state index contributed by atoms with van der Waals surface area (Å²) in [5.41, 5.74) is 1.76. The summed E-state index contributed by atoms with van der Waals surface area (Å²) < 4.78 is 0. The lowest BCUT2D eigenvalue weighted by molar-refractivity contribution is 0.0812. The summed E-state index contributed by atoms with van der Waals surface area (Å²) in [5.74, 6) is 1.88. The van der Waals surface area contributed by atoms with Crippen LogP contribution in [0.3, 0.4) is 0 Å². The lowest BCUT2D eigenvalue weighted by Crippen LogP contribution is -2.41. The van der Waals surface area contributed by atoms with Crippen molar-refractivity contribution in [1.29, 1.82) is 5.26 Å². The van der Waals surface area contributed by atoms with E-state index in [1.807, 2.05) is 6.07 Å². The quantitative estimate of drug-likeness (QED) is 0.815. The van der Waals surface area contributed by atoms with Gasteiger partial charge in [-0.3, -0.25) is 9.88 Å². The first kappa shape index (κ1) is 12.6. The Labute approximate surface area is 115 Å². The molecule has 1 saturated heterocycles. The molecule has 3 nitrogen and oxygen atoms in total. The van der Waals surface area contributed by atoms with Gasteiger partial charge in [0.05, 0.1) is 17.3 Å². The van der Waals surface area contributed by atoms with Crippen molar-refractivity contribution in [3.05, 3.63) is 29.6 Å². The number of hydrogen-bond acceptors (Lipinski definition) is 3. The third-order valence-electron chi connectivity index (χ3n) is 4.71. The van der Waals surface area contributed by atoms with Gasteiger partial charge in [0.1, 0.15) is 0 Å². The number of fused-ring (bicyclic) bond motifs is 1. The molecule has 3 heteroatoms. The van der Waals surface area contributed by atoms with Gasteiger partial charge in [0.2, 0.25) is 0 Å². The van der Waals surface area contributed by atoms with Crippen LogP contribution in [0.4, 0.5) is 0 Å². The second-order valence-corrected chi connectivity index (χ2v) is 5.98. The molecule has 1 saturated carbocycles. The van der Waals surface area contributed by atoms with Crippen molar-refractivity contribution in [1.82, 2.24) is 9.88 Å². The van der Waals surface area contributed by atoms with Gasteiger partial charge < -0.3 is 0 Å². The zero-order chi connectivity index (χ0) is 13.1. The van der Waals surface area contributed by atoms with Crippen LogP contribution < -0.4 is 0 Å². The van der Waals surface area contributed by atoms with Crippen molar-refractivity contribution in [3.63, 3.8) is 0 Å². The molecule has 0 bridgehead atoms. The molecule has 3 rings (SSSR count). The number of aromatic nitrogens is 1. The summed E-state index contributed by atoms with van der Waals surface area (Å²) in [6.45, 7) is 3.32. The van der Waals surface area contributed by atoms with E-state index in [1.165, 1.54) is 45.2 Å². The Morgan fingerprint density at radius 2 is 2.11 bits per heavy atom. The van der Waals surface area contributed by atoms with E-state index in [2.05, 4.69) is 16.0 Å². The van der Waals surface area contributed by atoms with E-state index in [1.54, 1.807) is 12.3 Å². The highest BCUT2D eigenvalue weighted by molar-refractivity contribution is 5.28. The van der Waals surface area contributed by atoms with Gasteiger partial charge in [-0.2, -0.15) is 5.26 Å². The predicted octanol–water partition coefficient (Wildman–Crippen LogP) is 2.97. The molecule has 1 aromatic heterocycles. The Bertz CT molecular complexity index is 477. The number of nitrogens with zero attached hydrogens (tertiary/aromatic N) is 3. The van der Waals surface area contributed by atoms with Crippen molar-refractivity contribution < 1.29 is 0 Å². The molecule has 0 radical (unpaired) electrons. The highest BCUT2D eigenvalue weighted by Gasteiger charge is 2.30. The normalized spacial score (nSPS) is 27.5. The van der Waals surface area contributed by atoms with E-state index >= 15 is 0 Å². The van der Waals surface area contributed by atoms with Crippen LogP contribution in [0.1, 0.15) is 43.4 Å². The van der Waals surface area contributed by atoms with Crippen LogP contribution in [0.15, 0.2) is 18.3 Å². The van der Waals surface area contributed by atoms with Crippen molar-refractivity contribution in [2.75, 3.05) is 13.1 Å². The number of hydrogen-bond donors (Lipinski definition) is 0. The first-order valence-corrected chi connectivity index (χ1v) is 7.42. The Balaban J connectivity index is 1.62. The van der Waals surface area contributed by atoms with Crippen LogP contribution in [0, 0.1) is 23.2 Å². The second-order valence-electron chi connectivity index (χ2n) is 5.98. The molecule has 19 heavy (non-hydrogen) atoms. The van der Waals surface area contributed by atoms with Crippen molar-refractivity contribution in [2.45, 2.75) is 38.6 Å². The molecule has 2 aliphatic rings. The SMILES string of the molecule is N#Cc1ccnc(CN2CC[C@@H]3CCCC[C@H]3C2)c1. The minimum Gasteiger partial charge on any atom is -0.297 e. The molecule has 1 aromatic rings. The minimum atomic E-state index is 0.720. The van der Waals surface area contributed by atoms with Crippen molar-refractivity contribution >= 4 is 0 Å². The fourth-order valence-electron chi connectivity index (χ4n) is 3.68. The van der Waals surface area contributed by atoms with Crippen molar-refractivity contribution in [2.24, 2.45) is 11.8 Å². The van der Waals surface area contributed by atoms with E-state index in [0.29, 0.717) is 0 Å². The molecule has 100 valence electrons. The van der Waals surface area contributed by atoms with E-state index in [0.717, 1.165) is 29.6 Å². The summed E-state index contributed by atoms with van der Waals surface area (Å²) in [6, 6.07) is 5.89. The fourth-order valence-corrected chi connectivity index (χ4v) is 3.68. The molecule has 0 unspecified atom stereocenters. The van der Waals surface area contributed by atoms with Crippen LogP contribution in [0.5, 0.6) is 0 Å². The molecule has 2 fully saturated rings. The number of piperidine rings is 1. The van der Waals surface area contributed by atoms with Gasteiger partial charge in [0.25, 0.3) is 0 Å². The molecule has 0 aromatic carbocycles. The van der Waals surface area contributed by atoms with E-state index in [9.17, 15) is 0 Å². The van der Waals surface area contributed by atoms with Gasteiger partial charge in [-0.1, -0.05) is 19.3 Å². The fraction of sp³-hybridized carbons (Fsp3) is 0.625. The second kappa shape index (κ2) is 5.71. The predicted molar refractivity (Wildman–Crippen MR) is 74.3 cm³/mol. The lowest BCUT2D eigenvalue weighted by Gasteiger charge is -2.41. The standard InChI is InChI=1S/C16H21N3/c17-10-13-5-7-18-16(9-13)12-19-8-6-14-3-1-2-4-15(14)11-19/h5,7,9,14-15H,1-4,6,8,11-12H2/t14-,15-/m0/s1. The average molecular weight is 255 g/mol. The summed E-state index contributed by atoms with van der Waals surface area (Å²) in [6.07, 6.45) is 8.81. The first-order valence-electron chi connectivity index (χ1n) is 7.42. The monoisotopic (exact) mass is 255 g/mol. The number of rotatable bonds is 2. The van der Waals surface area contributed by atoms with Crippen LogP contribution in [0.2, 0.25) is 0 Å². The molecule has 0 amide bonds. The van der Waals surface area contributed by atoms with Gasteiger partial charge >= 0.3 is 0 Å². The largest absolute Gasteiger partial charge is 0.297 e. The molecule has 2 atom stereocenters. The van der Waals surface area contributed by atoms with Crippen LogP contribution in [-0.2, 0) is 6.54 Å². The average Bonchev–Trinajstić information content (AvgIpc) is 2.47. The summed E-state index contributed by atoms with van der Waals surface area (Å²) in [7, 11) is 0. The zero-order valence-corrected chi connectivity index (χ0v) is 11.4. The third kappa shape index (κ3) is 2.96. The molecule has 0 N–H and O–H groups in total. The Morgan fingerprint density at radius 3 is 2.95 bits per heavy atom. The molecule has 1 aliphatic heterocycles. The maximum absolute atomic E-state index is 8.93. The third-order valence-corrected chi connectivity index (χ3v) is 4.71. The number of nitriles is 1. The first-order chi connectivity index (χ1) is 9.35. The molecular formula is C16H21N3.